The lowest BCUT2D eigenvalue weighted by atomic mass is 10.1. The van der Waals surface area contributed by atoms with Crippen LogP contribution in [0.5, 0.6) is 0 Å². The van der Waals surface area contributed by atoms with E-state index >= 15 is 0 Å². The Labute approximate surface area is 119 Å². The normalized spacial score (nSPS) is 9.95. The number of pyridine rings is 1. The molecular weight excluding hydrogens is 248 g/mol. The topological polar surface area (TPSA) is 52.0 Å². The van der Waals surface area contributed by atoms with Gasteiger partial charge in [0.2, 0.25) is 0 Å². The van der Waals surface area contributed by atoms with Gasteiger partial charge in [0.1, 0.15) is 11.9 Å². The standard InChI is InChI=1S/C16H18N4/c1-11-7-8-18-16(14(11)10-17)19-13-6-5-12(2)15(9-13)20(3)4/h5-9H,1-4H3,(H,18,19). The average Bonchev–Trinajstić information content (AvgIpc) is 2.41. The van der Waals surface area contributed by atoms with E-state index in [2.05, 4.69) is 40.3 Å². The second-order valence-electron chi connectivity index (χ2n) is 4.98. The van der Waals surface area contributed by atoms with E-state index in [9.17, 15) is 5.26 Å². The van der Waals surface area contributed by atoms with Crippen molar-refractivity contribution in [2.75, 3.05) is 24.3 Å². The van der Waals surface area contributed by atoms with E-state index in [4.69, 9.17) is 0 Å². The smallest absolute Gasteiger partial charge is 0.148 e. The third kappa shape index (κ3) is 2.72. The minimum atomic E-state index is 0.583. The predicted molar refractivity (Wildman–Crippen MR) is 82.5 cm³/mol. The van der Waals surface area contributed by atoms with E-state index in [1.54, 1.807) is 6.20 Å². The highest BCUT2D eigenvalue weighted by atomic mass is 15.1. The second kappa shape index (κ2) is 5.62. The highest BCUT2D eigenvalue weighted by Gasteiger charge is 2.08. The maximum absolute atomic E-state index is 9.23. The SMILES string of the molecule is Cc1ccc(Nc2nccc(C)c2C#N)cc1N(C)C. The molecule has 1 N–H and O–H groups in total. The molecule has 0 radical (unpaired) electrons. The zero-order valence-corrected chi connectivity index (χ0v) is 12.2. The molecule has 102 valence electrons. The number of rotatable bonds is 3. The number of aryl methyl sites for hydroxylation is 2. The van der Waals surface area contributed by atoms with Crippen LogP contribution >= 0.6 is 0 Å². The van der Waals surface area contributed by atoms with Crippen LogP contribution in [-0.4, -0.2) is 19.1 Å². The molecule has 0 aliphatic heterocycles. The number of hydrogen-bond donors (Lipinski definition) is 1. The maximum Gasteiger partial charge on any atom is 0.148 e. The zero-order chi connectivity index (χ0) is 14.7. The number of hydrogen-bond acceptors (Lipinski definition) is 4. The lowest BCUT2D eigenvalue weighted by molar-refractivity contribution is 1.11. The van der Waals surface area contributed by atoms with Crippen molar-refractivity contribution in [3.8, 4) is 6.07 Å². The van der Waals surface area contributed by atoms with Gasteiger partial charge in [-0.25, -0.2) is 4.98 Å². The Kier molecular flexibility index (Phi) is 3.90. The monoisotopic (exact) mass is 266 g/mol. The molecule has 0 atom stereocenters. The maximum atomic E-state index is 9.23. The molecule has 4 nitrogen and oxygen atoms in total. The Bertz CT molecular complexity index is 669. The minimum absolute atomic E-state index is 0.583. The van der Waals surface area contributed by atoms with Gasteiger partial charge in [0.05, 0.1) is 5.56 Å². The van der Waals surface area contributed by atoms with Crippen molar-refractivity contribution in [1.82, 2.24) is 4.98 Å². The first-order chi connectivity index (χ1) is 9.52. The fourth-order valence-corrected chi connectivity index (χ4v) is 2.10. The fraction of sp³-hybridized carbons (Fsp3) is 0.250. The summed E-state index contributed by atoms with van der Waals surface area (Å²) in [6.45, 7) is 3.98. The van der Waals surface area contributed by atoms with Crippen LogP contribution in [0.15, 0.2) is 30.5 Å². The summed E-state index contributed by atoms with van der Waals surface area (Å²) >= 11 is 0. The summed E-state index contributed by atoms with van der Waals surface area (Å²) in [5.41, 5.74) is 4.78. The van der Waals surface area contributed by atoms with Crippen molar-refractivity contribution in [2.45, 2.75) is 13.8 Å². The molecule has 0 fully saturated rings. The second-order valence-corrected chi connectivity index (χ2v) is 4.98. The van der Waals surface area contributed by atoms with Crippen molar-refractivity contribution >= 4 is 17.2 Å². The van der Waals surface area contributed by atoms with E-state index in [0.29, 0.717) is 11.4 Å². The van der Waals surface area contributed by atoms with Crippen molar-refractivity contribution < 1.29 is 0 Å². The Morgan fingerprint density at radius 3 is 2.55 bits per heavy atom. The van der Waals surface area contributed by atoms with E-state index < -0.39 is 0 Å². The van der Waals surface area contributed by atoms with Crippen LogP contribution < -0.4 is 10.2 Å². The molecule has 4 heteroatoms. The van der Waals surface area contributed by atoms with E-state index in [1.165, 1.54) is 5.56 Å². The average molecular weight is 266 g/mol. The van der Waals surface area contributed by atoms with Crippen LogP contribution in [0.4, 0.5) is 17.2 Å². The van der Waals surface area contributed by atoms with Crippen LogP contribution in [0.1, 0.15) is 16.7 Å². The zero-order valence-electron chi connectivity index (χ0n) is 12.2. The summed E-state index contributed by atoms with van der Waals surface area (Å²) in [5, 5.41) is 12.5. The summed E-state index contributed by atoms with van der Waals surface area (Å²) < 4.78 is 0. The van der Waals surface area contributed by atoms with Gasteiger partial charge in [0.25, 0.3) is 0 Å². The number of aromatic nitrogens is 1. The van der Waals surface area contributed by atoms with Crippen LogP contribution in [0.25, 0.3) is 0 Å². The van der Waals surface area contributed by atoms with Gasteiger partial charge in [-0.1, -0.05) is 6.07 Å². The molecule has 0 spiro atoms. The number of nitriles is 1. The van der Waals surface area contributed by atoms with Crippen molar-refractivity contribution in [1.29, 1.82) is 5.26 Å². The molecule has 20 heavy (non-hydrogen) atoms. The van der Waals surface area contributed by atoms with Gasteiger partial charge in [-0.15, -0.1) is 0 Å². The molecule has 0 saturated carbocycles. The first-order valence-corrected chi connectivity index (χ1v) is 6.43. The molecule has 0 amide bonds. The van der Waals surface area contributed by atoms with Crippen LogP contribution in [0.2, 0.25) is 0 Å². The summed E-state index contributed by atoms with van der Waals surface area (Å²) in [7, 11) is 4.02. The number of benzene rings is 1. The van der Waals surface area contributed by atoms with Gasteiger partial charge in [0.15, 0.2) is 0 Å². The van der Waals surface area contributed by atoms with Gasteiger partial charge in [0, 0.05) is 31.7 Å². The van der Waals surface area contributed by atoms with E-state index in [1.807, 2.05) is 33.2 Å². The molecule has 0 saturated heterocycles. The first kappa shape index (κ1) is 13.9. The molecule has 1 aromatic heterocycles. The summed E-state index contributed by atoms with van der Waals surface area (Å²) in [6.07, 6.45) is 1.71. The third-order valence-corrected chi connectivity index (χ3v) is 3.22. The van der Waals surface area contributed by atoms with Gasteiger partial charge < -0.3 is 10.2 Å². The molecule has 0 bridgehead atoms. The molecule has 2 aromatic rings. The molecule has 0 unspecified atom stereocenters. The van der Waals surface area contributed by atoms with Crippen molar-refractivity contribution in [3.05, 3.63) is 47.2 Å². The summed E-state index contributed by atoms with van der Waals surface area (Å²) in [6, 6.07) is 10.1. The predicted octanol–water partition coefficient (Wildman–Crippen LogP) is 3.38. The number of anilines is 3. The molecule has 1 heterocycles. The first-order valence-electron chi connectivity index (χ1n) is 6.43. The van der Waals surface area contributed by atoms with Gasteiger partial charge in [-0.05, 0) is 43.2 Å². The molecule has 0 aliphatic rings. The number of nitrogens with zero attached hydrogens (tertiary/aromatic N) is 3. The Morgan fingerprint density at radius 1 is 1.15 bits per heavy atom. The van der Waals surface area contributed by atoms with Crippen LogP contribution in [-0.2, 0) is 0 Å². The highest BCUT2D eigenvalue weighted by molar-refractivity contribution is 5.69. The molecule has 0 aliphatic carbocycles. The Balaban J connectivity index is 2.39. The van der Waals surface area contributed by atoms with Gasteiger partial charge in [-0.2, -0.15) is 5.26 Å². The van der Waals surface area contributed by atoms with Crippen LogP contribution in [0.3, 0.4) is 0 Å². The van der Waals surface area contributed by atoms with E-state index in [0.717, 1.165) is 16.9 Å². The molecule has 1 aromatic carbocycles. The van der Waals surface area contributed by atoms with Gasteiger partial charge in [-0.3, -0.25) is 0 Å². The summed E-state index contributed by atoms with van der Waals surface area (Å²) in [4.78, 5) is 6.32. The van der Waals surface area contributed by atoms with Crippen molar-refractivity contribution in [3.63, 3.8) is 0 Å². The highest BCUT2D eigenvalue weighted by Crippen LogP contribution is 2.26. The lowest BCUT2D eigenvalue weighted by Gasteiger charge is -2.17. The Hall–Kier alpha value is -2.54. The lowest BCUT2D eigenvalue weighted by Crippen LogP contribution is -2.10. The van der Waals surface area contributed by atoms with E-state index in [-0.39, 0.29) is 0 Å². The van der Waals surface area contributed by atoms with Crippen LogP contribution in [0, 0.1) is 25.2 Å². The fourth-order valence-electron chi connectivity index (χ4n) is 2.10. The van der Waals surface area contributed by atoms with Crippen molar-refractivity contribution in [2.24, 2.45) is 0 Å². The Morgan fingerprint density at radius 2 is 1.90 bits per heavy atom. The summed E-state index contributed by atoms with van der Waals surface area (Å²) in [5.74, 6) is 0.598. The quantitative estimate of drug-likeness (QED) is 0.925. The largest absolute Gasteiger partial charge is 0.377 e. The number of nitrogens with one attached hydrogen (secondary N) is 1. The minimum Gasteiger partial charge on any atom is -0.377 e. The third-order valence-electron chi connectivity index (χ3n) is 3.22. The molecule has 2 rings (SSSR count). The van der Waals surface area contributed by atoms with Gasteiger partial charge >= 0.3 is 0 Å². The molecular formula is C16H18N4.